The molecule has 0 saturated carbocycles. The van der Waals surface area contributed by atoms with Crippen molar-refractivity contribution in [2.75, 3.05) is 12.3 Å². The zero-order chi connectivity index (χ0) is 16.4. The molecule has 1 unspecified atom stereocenters. The van der Waals surface area contributed by atoms with Gasteiger partial charge in [-0.2, -0.15) is 0 Å². The van der Waals surface area contributed by atoms with Crippen LogP contribution in [0, 0.1) is 6.92 Å². The quantitative estimate of drug-likeness (QED) is 0.776. The van der Waals surface area contributed by atoms with Gasteiger partial charge >= 0.3 is 0 Å². The fourth-order valence-electron chi connectivity index (χ4n) is 2.65. The van der Waals surface area contributed by atoms with E-state index in [0.29, 0.717) is 11.1 Å². The third kappa shape index (κ3) is 3.57. The van der Waals surface area contributed by atoms with Gasteiger partial charge in [-0.1, -0.05) is 30.8 Å². The van der Waals surface area contributed by atoms with Gasteiger partial charge < -0.3 is 13.8 Å². The number of likely N-dealkylation sites (tertiary alicyclic amines) is 1. The third-order valence-corrected chi connectivity index (χ3v) is 4.66. The van der Waals surface area contributed by atoms with E-state index in [0.717, 1.165) is 30.8 Å². The van der Waals surface area contributed by atoms with Crippen LogP contribution >= 0.6 is 11.8 Å². The number of amides is 1. The minimum Gasteiger partial charge on any atom is -0.416 e. The zero-order valence-electron chi connectivity index (χ0n) is 13.5. The number of hydrogen-bond donors (Lipinski definition) is 0. The summed E-state index contributed by atoms with van der Waals surface area (Å²) in [5, 5.41) is 12.2. The van der Waals surface area contributed by atoms with E-state index < -0.39 is 0 Å². The first-order valence-electron chi connectivity index (χ1n) is 7.73. The summed E-state index contributed by atoms with van der Waals surface area (Å²) in [6.07, 6.45) is 1.89. The first-order valence-corrected chi connectivity index (χ1v) is 8.72. The van der Waals surface area contributed by atoms with Crippen molar-refractivity contribution in [3.05, 3.63) is 23.4 Å². The maximum absolute atomic E-state index is 12.5. The standard InChI is InChI=1S/C15H20N4O3S/c1-9(2)13-7-11(18-22-13)12-5-4-6-19(12)14(20)8-23-15-17-16-10(3)21-15/h7,9,12H,4-6,8H2,1-3H3. The van der Waals surface area contributed by atoms with Crippen molar-refractivity contribution in [1.82, 2.24) is 20.3 Å². The lowest BCUT2D eigenvalue weighted by Crippen LogP contribution is -2.32. The molecule has 1 aliphatic heterocycles. The van der Waals surface area contributed by atoms with Gasteiger partial charge in [0.1, 0.15) is 11.5 Å². The van der Waals surface area contributed by atoms with E-state index in [1.165, 1.54) is 11.8 Å². The van der Waals surface area contributed by atoms with E-state index in [1.807, 2.05) is 11.0 Å². The minimum absolute atomic E-state index is 0.00349. The average Bonchev–Trinajstić information content (AvgIpc) is 3.24. The van der Waals surface area contributed by atoms with E-state index in [-0.39, 0.29) is 23.6 Å². The number of aryl methyl sites for hydroxylation is 1. The Bertz CT molecular complexity index is 682. The first-order chi connectivity index (χ1) is 11.0. The maximum Gasteiger partial charge on any atom is 0.277 e. The summed E-state index contributed by atoms with van der Waals surface area (Å²) in [5.41, 5.74) is 0.846. The minimum atomic E-state index is 0.00349. The maximum atomic E-state index is 12.5. The van der Waals surface area contributed by atoms with E-state index in [9.17, 15) is 4.79 Å². The van der Waals surface area contributed by atoms with Crippen LogP contribution in [0.4, 0.5) is 0 Å². The number of carbonyl (C=O) groups excluding carboxylic acids is 1. The predicted octanol–water partition coefficient (Wildman–Crippen LogP) is 2.95. The van der Waals surface area contributed by atoms with Gasteiger partial charge in [-0.3, -0.25) is 4.79 Å². The number of thioether (sulfide) groups is 1. The Morgan fingerprint density at radius 1 is 1.48 bits per heavy atom. The second kappa shape index (κ2) is 6.74. The van der Waals surface area contributed by atoms with E-state index >= 15 is 0 Å². The van der Waals surface area contributed by atoms with E-state index in [1.54, 1.807) is 6.92 Å². The van der Waals surface area contributed by atoms with Gasteiger partial charge in [0, 0.05) is 25.5 Å². The Morgan fingerprint density at radius 3 is 2.96 bits per heavy atom. The van der Waals surface area contributed by atoms with Crippen molar-refractivity contribution in [2.45, 2.75) is 50.8 Å². The molecule has 1 aliphatic rings. The normalized spacial score (nSPS) is 18.1. The highest BCUT2D eigenvalue weighted by Gasteiger charge is 2.32. The molecule has 2 aromatic heterocycles. The van der Waals surface area contributed by atoms with Gasteiger partial charge in [0.25, 0.3) is 5.22 Å². The summed E-state index contributed by atoms with van der Waals surface area (Å²) in [7, 11) is 0. The van der Waals surface area contributed by atoms with Crippen molar-refractivity contribution < 1.29 is 13.7 Å². The topological polar surface area (TPSA) is 85.3 Å². The number of nitrogens with zero attached hydrogens (tertiary/aromatic N) is 4. The molecule has 7 nitrogen and oxygen atoms in total. The van der Waals surface area contributed by atoms with Crippen LogP contribution in [-0.4, -0.2) is 38.5 Å². The number of hydrogen-bond acceptors (Lipinski definition) is 7. The molecular weight excluding hydrogens is 316 g/mol. The van der Waals surface area contributed by atoms with Gasteiger partial charge in [-0.25, -0.2) is 0 Å². The lowest BCUT2D eigenvalue weighted by atomic mass is 10.1. The van der Waals surface area contributed by atoms with Crippen LogP contribution in [0.2, 0.25) is 0 Å². The molecule has 3 heterocycles. The Labute approximate surface area is 138 Å². The molecule has 2 aromatic rings. The summed E-state index contributed by atoms with van der Waals surface area (Å²) in [6.45, 7) is 6.60. The van der Waals surface area contributed by atoms with Crippen LogP contribution in [0.15, 0.2) is 20.2 Å². The van der Waals surface area contributed by atoms with Crippen LogP contribution < -0.4 is 0 Å². The summed E-state index contributed by atoms with van der Waals surface area (Å²) >= 11 is 1.27. The van der Waals surface area contributed by atoms with Crippen molar-refractivity contribution in [1.29, 1.82) is 0 Å². The fraction of sp³-hybridized carbons (Fsp3) is 0.600. The monoisotopic (exact) mass is 336 g/mol. The smallest absolute Gasteiger partial charge is 0.277 e. The molecular formula is C15H20N4O3S. The molecule has 1 fully saturated rings. The van der Waals surface area contributed by atoms with E-state index in [2.05, 4.69) is 29.2 Å². The van der Waals surface area contributed by atoms with Gasteiger partial charge in [0.05, 0.1) is 11.8 Å². The lowest BCUT2D eigenvalue weighted by Gasteiger charge is -2.22. The molecule has 0 aromatic carbocycles. The largest absolute Gasteiger partial charge is 0.416 e. The highest BCUT2D eigenvalue weighted by atomic mass is 32.2. The zero-order valence-corrected chi connectivity index (χ0v) is 14.3. The van der Waals surface area contributed by atoms with Crippen LogP contribution in [0.1, 0.15) is 56.0 Å². The van der Waals surface area contributed by atoms with Gasteiger partial charge in [0.15, 0.2) is 0 Å². The van der Waals surface area contributed by atoms with Crippen molar-refractivity contribution in [3.8, 4) is 0 Å². The molecule has 1 saturated heterocycles. The Hall–Kier alpha value is -1.83. The predicted molar refractivity (Wildman–Crippen MR) is 84.0 cm³/mol. The highest BCUT2D eigenvalue weighted by Crippen LogP contribution is 2.33. The third-order valence-electron chi connectivity index (χ3n) is 3.86. The van der Waals surface area contributed by atoms with Crippen LogP contribution in [0.5, 0.6) is 0 Å². The van der Waals surface area contributed by atoms with Crippen LogP contribution in [0.25, 0.3) is 0 Å². The molecule has 3 rings (SSSR count). The molecule has 8 heteroatoms. The van der Waals surface area contributed by atoms with Gasteiger partial charge in [0.2, 0.25) is 11.8 Å². The first kappa shape index (κ1) is 16.0. The SMILES string of the molecule is Cc1nnc(SCC(=O)N2CCCC2c2cc(C(C)C)on2)o1. The Kier molecular flexibility index (Phi) is 4.70. The van der Waals surface area contributed by atoms with Gasteiger partial charge in [-0.15, -0.1) is 10.2 Å². The van der Waals surface area contributed by atoms with Crippen LogP contribution in [0.3, 0.4) is 0 Å². The molecule has 0 spiro atoms. The van der Waals surface area contributed by atoms with E-state index in [4.69, 9.17) is 8.94 Å². The molecule has 1 amide bonds. The highest BCUT2D eigenvalue weighted by molar-refractivity contribution is 7.99. The molecule has 124 valence electrons. The summed E-state index contributed by atoms with van der Waals surface area (Å²) in [5.74, 6) is 1.99. The molecule has 0 bridgehead atoms. The van der Waals surface area contributed by atoms with Crippen molar-refractivity contribution in [2.24, 2.45) is 0 Å². The molecule has 23 heavy (non-hydrogen) atoms. The van der Waals surface area contributed by atoms with Crippen molar-refractivity contribution >= 4 is 17.7 Å². The Balaban J connectivity index is 1.64. The fourth-order valence-corrected chi connectivity index (χ4v) is 3.34. The van der Waals surface area contributed by atoms with Crippen molar-refractivity contribution in [3.63, 3.8) is 0 Å². The number of aromatic nitrogens is 3. The average molecular weight is 336 g/mol. The molecule has 0 N–H and O–H groups in total. The molecule has 0 aliphatic carbocycles. The van der Waals surface area contributed by atoms with Gasteiger partial charge in [-0.05, 0) is 12.8 Å². The number of rotatable bonds is 5. The Morgan fingerprint density at radius 2 is 2.30 bits per heavy atom. The molecule has 1 atom stereocenters. The summed E-state index contributed by atoms with van der Waals surface area (Å²) in [6, 6.07) is 1.97. The summed E-state index contributed by atoms with van der Waals surface area (Å²) < 4.78 is 10.7. The number of carbonyl (C=O) groups is 1. The molecule has 0 radical (unpaired) electrons. The van der Waals surface area contributed by atoms with Crippen LogP contribution in [-0.2, 0) is 4.79 Å². The second-order valence-electron chi connectivity index (χ2n) is 5.93. The lowest BCUT2D eigenvalue weighted by molar-refractivity contribution is -0.129. The summed E-state index contributed by atoms with van der Waals surface area (Å²) in [4.78, 5) is 14.4. The second-order valence-corrected chi connectivity index (χ2v) is 6.86.